The highest BCUT2D eigenvalue weighted by molar-refractivity contribution is 9.10. The van der Waals surface area contributed by atoms with Crippen LogP contribution in [0.5, 0.6) is 5.75 Å². The van der Waals surface area contributed by atoms with Crippen molar-refractivity contribution in [1.29, 1.82) is 0 Å². The molecule has 2 rings (SSSR count). The van der Waals surface area contributed by atoms with Gasteiger partial charge in [0.25, 0.3) is 0 Å². The summed E-state index contributed by atoms with van der Waals surface area (Å²) < 4.78 is 19.8. The number of rotatable bonds is 5. The van der Waals surface area contributed by atoms with E-state index in [0.29, 0.717) is 12.0 Å². The molecule has 0 aliphatic carbocycles. The van der Waals surface area contributed by atoms with Crippen LogP contribution in [0.2, 0.25) is 5.02 Å². The number of benzene rings is 2. The molecule has 0 heterocycles. The van der Waals surface area contributed by atoms with Gasteiger partial charge in [0.15, 0.2) is 0 Å². The first-order valence-electron chi connectivity index (χ1n) is 6.44. The van der Waals surface area contributed by atoms with Crippen LogP contribution in [-0.4, -0.2) is 18.3 Å². The Kier molecular flexibility index (Phi) is 5.62. The highest BCUT2D eigenvalue weighted by Crippen LogP contribution is 2.26. The van der Waals surface area contributed by atoms with Gasteiger partial charge in [-0.05, 0) is 51.7 Å². The fraction of sp³-hybridized carbons (Fsp3) is 0.250. The van der Waals surface area contributed by atoms with Gasteiger partial charge in [0, 0.05) is 6.42 Å². The lowest BCUT2D eigenvalue weighted by Crippen LogP contribution is -2.15. The van der Waals surface area contributed by atoms with E-state index in [1.54, 1.807) is 19.2 Å². The number of halogens is 3. The van der Waals surface area contributed by atoms with Gasteiger partial charge in [-0.15, -0.1) is 0 Å². The van der Waals surface area contributed by atoms with Crippen LogP contribution in [0.1, 0.15) is 11.1 Å². The molecule has 112 valence electrons. The van der Waals surface area contributed by atoms with Crippen LogP contribution in [0.15, 0.2) is 40.9 Å². The summed E-state index contributed by atoms with van der Waals surface area (Å²) in [5, 5.41) is 10.2. The number of aliphatic hydroxyl groups excluding tert-OH is 1. The SMILES string of the molecule is COc1ccc(CC(O)Cc2cccc(Cl)c2F)cc1Br. The van der Waals surface area contributed by atoms with Crippen molar-refractivity contribution in [1.82, 2.24) is 0 Å². The normalized spacial score (nSPS) is 12.2. The number of hydrogen-bond acceptors (Lipinski definition) is 2. The maximum Gasteiger partial charge on any atom is 0.145 e. The molecule has 0 saturated heterocycles. The second kappa shape index (κ2) is 7.25. The third kappa shape index (κ3) is 4.19. The van der Waals surface area contributed by atoms with Gasteiger partial charge in [-0.1, -0.05) is 29.8 Å². The Morgan fingerprint density at radius 3 is 2.71 bits per heavy atom. The minimum absolute atomic E-state index is 0.0758. The molecular formula is C16H15BrClFO2. The number of ether oxygens (including phenoxy) is 1. The Morgan fingerprint density at radius 1 is 1.29 bits per heavy atom. The third-order valence-corrected chi connectivity index (χ3v) is 4.09. The molecule has 21 heavy (non-hydrogen) atoms. The quantitative estimate of drug-likeness (QED) is 0.842. The second-order valence-corrected chi connectivity index (χ2v) is 6.01. The molecule has 0 fully saturated rings. The molecule has 5 heteroatoms. The van der Waals surface area contributed by atoms with Gasteiger partial charge < -0.3 is 9.84 Å². The zero-order valence-electron chi connectivity index (χ0n) is 11.4. The lowest BCUT2D eigenvalue weighted by Gasteiger charge is -2.13. The summed E-state index contributed by atoms with van der Waals surface area (Å²) in [5.41, 5.74) is 1.36. The summed E-state index contributed by atoms with van der Waals surface area (Å²) in [4.78, 5) is 0. The average Bonchev–Trinajstić information content (AvgIpc) is 2.44. The van der Waals surface area contributed by atoms with E-state index < -0.39 is 11.9 Å². The van der Waals surface area contributed by atoms with Crippen LogP contribution >= 0.6 is 27.5 Å². The topological polar surface area (TPSA) is 29.5 Å². The molecule has 0 aliphatic heterocycles. The highest BCUT2D eigenvalue weighted by atomic mass is 79.9. The third-order valence-electron chi connectivity index (χ3n) is 3.17. The van der Waals surface area contributed by atoms with Crippen LogP contribution < -0.4 is 4.74 Å². The summed E-state index contributed by atoms with van der Waals surface area (Å²) in [5.74, 6) is 0.267. The summed E-state index contributed by atoms with van der Waals surface area (Å²) >= 11 is 9.14. The van der Waals surface area contributed by atoms with Gasteiger partial charge in [-0.25, -0.2) is 4.39 Å². The lowest BCUT2D eigenvalue weighted by molar-refractivity contribution is 0.174. The van der Waals surface area contributed by atoms with Crippen LogP contribution in [-0.2, 0) is 12.8 Å². The van der Waals surface area contributed by atoms with Crippen molar-refractivity contribution in [2.45, 2.75) is 18.9 Å². The standard InChI is InChI=1S/C16H15BrClFO2/c1-21-15-6-5-10(8-13(15)17)7-12(20)9-11-3-2-4-14(18)16(11)19/h2-6,8,12,20H,7,9H2,1H3. The predicted molar refractivity (Wildman–Crippen MR) is 85.5 cm³/mol. The number of hydrogen-bond donors (Lipinski definition) is 1. The molecule has 0 bridgehead atoms. The molecule has 0 spiro atoms. The van der Waals surface area contributed by atoms with Crippen molar-refractivity contribution in [3.8, 4) is 5.75 Å². The fourth-order valence-corrected chi connectivity index (χ4v) is 2.92. The van der Waals surface area contributed by atoms with Gasteiger partial charge in [-0.3, -0.25) is 0 Å². The molecule has 2 aromatic rings. The first-order valence-corrected chi connectivity index (χ1v) is 7.61. The van der Waals surface area contributed by atoms with Crippen molar-refractivity contribution in [2.75, 3.05) is 7.11 Å². The summed E-state index contributed by atoms with van der Waals surface area (Å²) in [7, 11) is 1.59. The van der Waals surface area contributed by atoms with Crippen LogP contribution in [0.4, 0.5) is 4.39 Å². The van der Waals surface area contributed by atoms with Crippen molar-refractivity contribution in [2.24, 2.45) is 0 Å². The van der Waals surface area contributed by atoms with Gasteiger partial charge in [0.1, 0.15) is 11.6 Å². The lowest BCUT2D eigenvalue weighted by atomic mass is 10.0. The molecule has 1 atom stereocenters. The zero-order valence-corrected chi connectivity index (χ0v) is 13.8. The first-order chi connectivity index (χ1) is 10.0. The van der Waals surface area contributed by atoms with Crippen LogP contribution in [0.3, 0.4) is 0 Å². The Bertz CT molecular complexity index is 634. The molecular weight excluding hydrogens is 359 g/mol. The minimum Gasteiger partial charge on any atom is -0.496 e. The van der Waals surface area contributed by atoms with E-state index in [4.69, 9.17) is 16.3 Å². The first kappa shape index (κ1) is 16.3. The Labute approximate surface area is 136 Å². The van der Waals surface area contributed by atoms with E-state index in [2.05, 4.69) is 15.9 Å². The molecule has 0 amide bonds. The summed E-state index contributed by atoms with van der Waals surface area (Å²) in [6.07, 6.45) is -0.0387. The Hall–Kier alpha value is -1.10. The van der Waals surface area contributed by atoms with Crippen molar-refractivity contribution in [3.63, 3.8) is 0 Å². The van der Waals surface area contributed by atoms with Crippen molar-refractivity contribution >= 4 is 27.5 Å². The molecule has 0 aliphatic rings. The molecule has 2 nitrogen and oxygen atoms in total. The Morgan fingerprint density at radius 2 is 2.05 bits per heavy atom. The van der Waals surface area contributed by atoms with Crippen LogP contribution in [0.25, 0.3) is 0 Å². The fourth-order valence-electron chi connectivity index (χ4n) is 2.14. The van der Waals surface area contributed by atoms with Gasteiger partial charge >= 0.3 is 0 Å². The molecule has 1 unspecified atom stereocenters. The van der Waals surface area contributed by atoms with Gasteiger partial charge in [0.05, 0.1) is 22.7 Å². The summed E-state index contributed by atoms with van der Waals surface area (Å²) in [6.45, 7) is 0. The summed E-state index contributed by atoms with van der Waals surface area (Å²) in [6, 6.07) is 10.4. The van der Waals surface area contributed by atoms with E-state index in [9.17, 15) is 9.50 Å². The monoisotopic (exact) mass is 372 g/mol. The highest BCUT2D eigenvalue weighted by Gasteiger charge is 2.13. The maximum atomic E-state index is 13.8. The van der Waals surface area contributed by atoms with E-state index in [1.807, 2.05) is 18.2 Å². The average molecular weight is 374 g/mol. The molecule has 0 saturated carbocycles. The van der Waals surface area contributed by atoms with E-state index in [1.165, 1.54) is 6.07 Å². The van der Waals surface area contributed by atoms with E-state index in [-0.39, 0.29) is 11.4 Å². The second-order valence-electron chi connectivity index (χ2n) is 4.74. The van der Waals surface area contributed by atoms with Crippen molar-refractivity contribution < 1.29 is 14.2 Å². The molecule has 1 N–H and O–H groups in total. The molecule has 0 radical (unpaired) electrons. The Balaban J connectivity index is 2.06. The van der Waals surface area contributed by atoms with E-state index in [0.717, 1.165) is 15.8 Å². The van der Waals surface area contributed by atoms with Gasteiger partial charge in [-0.2, -0.15) is 0 Å². The maximum absolute atomic E-state index is 13.8. The van der Waals surface area contributed by atoms with Gasteiger partial charge in [0.2, 0.25) is 0 Å². The predicted octanol–water partition coefficient (Wildman–Crippen LogP) is 4.40. The number of aliphatic hydroxyl groups is 1. The smallest absolute Gasteiger partial charge is 0.145 e. The number of methoxy groups -OCH3 is 1. The minimum atomic E-state index is -0.682. The van der Waals surface area contributed by atoms with Crippen LogP contribution in [0, 0.1) is 5.82 Å². The largest absolute Gasteiger partial charge is 0.496 e. The van der Waals surface area contributed by atoms with Crippen molar-refractivity contribution in [3.05, 3.63) is 62.8 Å². The zero-order chi connectivity index (χ0) is 15.4. The molecule has 0 aromatic heterocycles. The molecule has 2 aromatic carbocycles. The van der Waals surface area contributed by atoms with E-state index >= 15 is 0 Å².